The lowest BCUT2D eigenvalue weighted by Crippen LogP contribution is -2.29. The average Bonchev–Trinajstić information content (AvgIpc) is 2.74. The maximum absolute atomic E-state index is 3.71. The minimum atomic E-state index is 0.775. The number of hydrogen-bond donors (Lipinski definition) is 1. The van der Waals surface area contributed by atoms with Gasteiger partial charge >= 0.3 is 0 Å². The van der Waals surface area contributed by atoms with Crippen molar-refractivity contribution in [2.45, 2.75) is 37.6 Å². The van der Waals surface area contributed by atoms with Crippen LogP contribution < -0.4 is 5.32 Å². The fourth-order valence-corrected chi connectivity index (χ4v) is 3.39. The van der Waals surface area contributed by atoms with Crippen molar-refractivity contribution in [3.05, 3.63) is 35.9 Å². The summed E-state index contributed by atoms with van der Waals surface area (Å²) < 4.78 is 0. The molecule has 1 saturated carbocycles. The van der Waals surface area contributed by atoms with Crippen LogP contribution in [0.25, 0.3) is 0 Å². The Bertz CT molecular complexity index is 319. The first-order valence-electron chi connectivity index (χ1n) is 6.23. The molecule has 1 saturated heterocycles. The molecule has 80 valence electrons. The summed E-state index contributed by atoms with van der Waals surface area (Å²) in [5.74, 6) is 1.68. The molecule has 0 spiro atoms. The number of rotatable bonds is 1. The van der Waals surface area contributed by atoms with E-state index >= 15 is 0 Å². The van der Waals surface area contributed by atoms with Crippen molar-refractivity contribution in [2.75, 3.05) is 6.54 Å². The van der Waals surface area contributed by atoms with Crippen molar-refractivity contribution >= 4 is 0 Å². The Morgan fingerprint density at radius 1 is 1.00 bits per heavy atom. The summed E-state index contributed by atoms with van der Waals surface area (Å²) in [6.45, 7) is 1.19. The van der Waals surface area contributed by atoms with Crippen molar-refractivity contribution in [1.29, 1.82) is 0 Å². The smallest absolute Gasteiger partial charge is 0.0102 e. The van der Waals surface area contributed by atoms with Crippen LogP contribution in [0.3, 0.4) is 0 Å². The van der Waals surface area contributed by atoms with Gasteiger partial charge in [0, 0.05) is 18.5 Å². The SMILES string of the molecule is c1ccc([C@H]2CNC3CCCC[C@@H]32)cc1. The van der Waals surface area contributed by atoms with E-state index in [-0.39, 0.29) is 0 Å². The average molecular weight is 201 g/mol. The molecule has 0 amide bonds. The summed E-state index contributed by atoms with van der Waals surface area (Å²) in [7, 11) is 0. The molecule has 1 heteroatoms. The minimum absolute atomic E-state index is 0.775. The highest BCUT2D eigenvalue weighted by atomic mass is 15.0. The predicted molar refractivity (Wildman–Crippen MR) is 62.9 cm³/mol. The van der Waals surface area contributed by atoms with E-state index < -0.39 is 0 Å². The van der Waals surface area contributed by atoms with Gasteiger partial charge in [0.15, 0.2) is 0 Å². The second kappa shape index (κ2) is 3.97. The van der Waals surface area contributed by atoms with Crippen molar-refractivity contribution < 1.29 is 0 Å². The molecular weight excluding hydrogens is 182 g/mol. The first-order chi connectivity index (χ1) is 7.45. The van der Waals surface area contributed by atoms with Crippen LogP contribution in [0.15, 0.2) is 30.3 Å². The highest BCUT2D eigenvalue weighted by Crippen LogP contribution is 2.39. The van der Waals surface area contributed by atoms with Gasteiger partial charge in [0.1, 0.15) is 0 Å². The number of nitrogens with one attached hydrogen (secondary N) is 1. The van der Waals surface area contributed by atoms with Crippen molar-refractivity contribution in [3.63, 3.8) is 0 Å². The Hall–Kier alpha value is -0.820. The largest absolute Gasteiger partial charge is 0.313 e. The normalized spacial score (nSPS) is 35.1. The molecule has 1 aliphatic carbocycles. The van der Waals surface area contributed by atoms with Gasteiger partial charge in [-0.15, -0.1) is 0 Å². The molecule has 0 aromatic heterocycles. The molecule has 1 aromatic carbocycles. The summed E-state index contributed by atoms with van der Waals surface area (Å²) in [6, 6.07) is 11.9. The molecule has 1 N–H and O–H groups in total. The maximum atomic E-state index is 3.71. The van der Waals surface area contributed by atoms with Gasteiger partial charge in [0.25, 0.3) is 0 Å². The van der Waals surface area contributed by atoms with Gasteiger partial charge < -0.3 is 5.32 Å². The van der Waals surface area contributed by atoms with Crippen LogP contribution in [0.5, 0.6) is 0 Å². The number of benzene rings is 1. The van der Waals surface area contributed by atoms with Gasteiger partial charge in [-0.2, -0.15) is 0 Å². The molecule has 2 aliphatic rings. The monoisotopic (exact) mass is 201 g/mol. The standard InChI is InChI=1S/C14H19N/c1-2-6-11(7-3-1)13-10-15-14-9-5-4-8-12(13)14/h1-3,6-7,12-15H,4-5,8-10H2/t12-,13-,14?/m1/s1. The molecule has 2 fully saturated rings. The summed E-state index contributed by atoms with van der Waals surface area (Å²) in [4.78, 5) is 0. The van der Waals surface area contributed by atoms with E-state index in [9.17, 15) is 0 Å². The molecule has 15 heavy (non-hydrogen) atoms. The highest BCUT2D eigenvalue weighted by molar-refractivity contribution is 5.23. The van der Waals surface area contributed by atoms with Crippen LogP contribution in [0.4, 0.5) is 0 Å². The van der Waals surface area contributed by atoms with Gasteiger partial charge in [-0.3, -0.25) is 0 Å². The van der Waals surface area contributed by atoms with Crippen LogP contribution in [-0.4, -0.2) is 12.6 Å². The van der Waals surface area contributed by atoms with Crippen molar-refractivity contribution in [1.82, 2.24) is 5.32 Å². The fourth-order valence-electron chi connectivity index (χ4n) is 3.39. The molecule has 1 heterocycles. The van der Waals surface area contributed by atoms with Gasteiger partial charge in [-0.05, 0) is 24.3 Å². The molecule has 1 aromatic rings. The summed E-state index contributed by atoms with van der Waals surface area (Å²) in [5, 5.41) is 3.71. The lowest BCUT2D eigenvalue weighted by Gasteiger charge is -2.28. The third-order valence-electron chi connectivity index (χ3n) is 4.16. The van der Waals surface area contributed by atoms with E-state index in [2.05, 4.69) is 35.6 Å². The number of hydrogen-bond acceptors (Lipinski definition) is 1. The summed E-state index contributed by atoms with van der Waals surface area (Å²) in [6.07, 6.45) is 5.69. The lowest BCUT2D eigenvalue weighted by molar-refractivity contribution is 0.308. The van der Waals surface area contributed by atoms with E-state index in [1.807, 2.05) is 0 Å². The first kappa shape index (κ1) is 9.41. The minimum Gasteiger partial charge on any atom is -0.313 e. The molecule has 1 nitrogen and oxygen atoms in total. The molecule has 1 aliphatic heterocycles. The highest BCUT2D eigenvalue weighted by Gasteiger charge is 2.37. The zero-order chi connectivity index (χ0) is 10.1. The molecule has 3 rings (SSSR count). The van der Waals surface area contributed by atoms with Crippen LogP contribution in [0.1, 0.15) is 37.2 Å². The molecule has 0 radical (unpaired) electrons. The maximum Gasteiger partial charge on any atom is 0.0102 e. The Morgan fingerprint density at radius 3 is 2.67 bits per heavy atom. The molecular formula is C14H19N. The van der Waals surface area contributed by atoms with Gasteiger partial charge in [0.2, 0.25) is 0 Å². The first-order valence-corrected chi connectivity index (χ1v) is 6.23. The Kier molecular flexibility index (Phi) is 2.49. The second-order valence-electron chi connectivity index (χ2n) is 4.98. The Labute approximate surface area is 91.9 Å². The van der Waals surface area contributed by atoms with Crippen LogP contribution in [0.2, 0.25) is 0 Å². The molecule has 1 unspecified atom stereocenters. The zero-order valence-electron chi connectivity index (χ0n) is 9.15. The van der Waals surface area contributed by atoms with Crippen LogP contribution in [-0.2, 0) is 0 Å². The fraction of sp³-hybridized carbons (Fsp3) is 0.571. The Balaban J connectivity index is 1.82. The molecule has 0 bridgehead atoms. The van der Waals surface area contributed by atoms with E-state index in [1.54, 1.807) is 5.56 Å². The van der Waals surface area contributed by atoms with Crippen molar-refractivity contribution in [3.8, 4) is 0 Å². The van der Waals surface area contributed by atoms with E-state index in [0.29, 0.717) is 0 Å². The quantitative estimate of drug-likeness (QED) is 0.736. The van der Waals surface area contributed by atoms with Crippen molar-refractivity contribution in [2.24, 2.45) is 5.92 Å². The van der Waals surface area contributed by atoms with Crippen LogP contribution >= 0.6 is 0 Å². The summed E-state index contributed by atoms with van der Waals surface area (Å²) >= 11 is 0. The van der Waals surface area contributed by atoms with E-state index in [1.165, 1.54) is 32.2 Å². The van der Waals surface area contributed by atoms with E-state index in [4.69, 9.17) is 0 Å². The third kappa shape index (κ3) is 1.69. The third-order valence-corrected chi connectivity index (χ3v) is 4.16. The second-order valence-corrected chi connectivity index (χ2v) is 4.98. The van der Waals surface area contributed by atoms with Crippen LogP contribution in [0, 0.1) is 5.92 Å². The predicted octanol–water partition coefficient (Wildman–Crippen LogP) is 2.93. The molecule has 3 atom stereocenters. The Morgan fingerprint density at radius 2 is 1.80 bits per heavy atom. The zero-order valence-corrected chi connectivity index (χ0v) is 9.15. The van der Waals surface area contributed by atoms with Gasteiger partial charge in [-0.25, -0.2) is 0 Å². The van der Waals surface area contributed by atoms with E-state index in [0.717, 1.165) is 17.9 Å². The lowest BCUT2D eigenvalue weighted by atomic mass is 9.77. The van der Waals surface area contributed by atoms with Gasteiger partial charge in [-0.1, -0.05) is 43.2 Å². The summed E-state index contributed by atoms with van der Waals surface area (Å²) in [5.41, 5.74) is 1.54. The topological polar surface area (TPSA) is 12.0 Å². The number of fused-ring (bicyclic) bond motifs is 1. The van der Waals surface area contributed by atoms with Gasteiger partial charge in [0.05, 0.1) is 0 Å².